The molecule has 0 fully saturated rings. The van der Waals surface area contributed by atoms with Gasteiger partial charge in [0, 0.05) is 6.42 Å². The number of hydrogen-bond acceptors (Lipinski definition) is 2. The van der Waals surface area contributed by atoms with Gasteiger partial charge < -0.3 is 5.32 Å². The van der Waals surface area contributed by atoms with Crippen LogP contribution in [0.2, 0.25) is 0 Å². The van der Waals surface area contributed by atoms with E-state index in [0.717, 1.165) is 0 Å². The lowest BCUT2D eigenvalue weighted by Crippen LogP contribution is -2.15. The SMILES string of the molecule is CC(C)CC(=O)Nc1cccc(F)c1C#N. The summed E-state index contributed by atoms with van der Waals surface area (Å²) in [4.78, 5) is 11.5. The zero-order chi connectivity index (χ0) is 12.1. The van der Waals surface area contributed by atoms with E-state index in [0.29, 0.717) is 6.42 Å². The maximum absolute atomic E-state index is 13.2. The smallest absolute Gasteiger partial charge is 0.224 e. The van der Waals surface area contributed by atoms with Gasteiger partial charge in [0.25, 0.3) is 0 Å². The fourth-order valence-electron chi connectivity index (χ4n) is 1.31. The van der Waals surface area contributed by atoms with Gasteiger partial charge in [-0.2, -0.15) is 5.26 Å². The molecule has 0 unspecified atom stereocenters. The minimum Gasteiger partial charge on any atom is -0.325 e. The van der Waals surface area contributed by atoms with Crippen molar-refractivity contribution in [3.63, 3.8) is 0 Å². The summed E-state index contributed by atoms with van der Waals surface area (Å²) in [7, 11) is 0. The molecule has 84 valence electrons. The maximum Gasteiger partial charge on any atom is 0.224 e. The highest BCUT2D eigenvalue weighted by molar-refractivity contribution is 5.92. The number of nitrogens with zero attached hydrogens (tertiary/aromatic N) is 1. The summed E-state index contributed by atoms with van der Waals surface area (Å²) >= 11 is 0. The Morgan fingerprint density at radius 3 is 2.81 bits per heavy atom. The lowest BCUT2D eigenvalue weighted by molar-refractivity contribution is -0.116. The van der Waals surface area contributed by atoms with Crippen LogP contribution in [0.15, 0.2) is 18.2 Å². The molecule has 0 radical (unpaired) electrons. The second-order valence-electron chi connectivity index (χ2n) is 3.92. The Morgan fingerprint density at radius 2 is 2.25 bits per heavy atom. The lowest BCUT2D eigenvalue weighted by atomic mass is 10.1. The third-order valence-corrected chi connectivity index (χ3v) is 1.99. The van der Waals surface area contributed by atoms with Crippen LogP contribution >= 0.6 is 0 Å². The fraction of sp³-hybridized carbons (Fsp3) is 0.333. The average molecular weight is 220 g/mol. The number of hydrogen-bond donors (Lipinski definition) is 1. The standard InChI is InChI=1S/C12H13FN2O/c1-8(2)6-12(16)15-11-5-3-4-10(13)9(11)7-14/h3-5,8H,6H2,1-2H3,(H,15,16). The molecule has 0 bridgehead atoms. The third kappa shape index (κ3) is 3.06. The van der Waals surface area contributed by atoms with Crippen molar-refractivity contribution in [2.45, 2.75) is 20.3 Å². The molecule has 0 aliphatic carbocycles. The molecule has 0 saturated heterocycles. The molecule has 1 N–H and O–H groups in total. The minimum atomic E-state index is -0.621. The van der Waals surface area contributed by atoms with Gasteiger partial charge >= 0.3 is 0 Å². The number of carbonyl (C=O) groups is 1. The van der Waals surface area contributed by atoms with Crippen LogP contribution < -0.4 is 5.32 Å². The highest BCUT2D eigenvalue weighted by Crippen LogP contribution is 2.18. The van der Waals surface area contributed by atoms with E-state index < -0.39 is 5.82 Å². The predicted octanol–water partition coefficient (Wildman–Crippen LogP) is 2.68. The summed E-state index contributed by atoms with van der Waals surface area (Å²) in [5, 5.41) is 11.3. The minimum absolute atomic E-state index is 0.125. The molecule has 3 nitrogen and oxygen atoms in total. The molecule has 0 saturated carbocycles. The van der Waals surface area contributed by atoms with E-state index in [-0.39, 0.29) is 23.1 Å². The summed E-state index contributed by atoms with van der Waals surface area (Å²) in [6.07, 6.45) is 0.349. The van der Waals surface area contributed by atoms with Crippen LogP contribution in [-0.4, -0.2) is 5.91 Å². The fourth-order valence-corrected chi connectivity index (χ4v) is 1.31. The van der Waals surface area contributed by atoms with Gasteiger partial charge in [0.2, 0.25) is 5.91 Å². The molecule has 4 heteroatoms. The number of benzene rings is 1. The molecular weight excluding hydrogens is 207 g/mol. The predicted molar refractivity (Wildman–Crippen MR) is 59.2 cm³/mol. The van der Waals surface area contributed by atoms with Crippen molar-refractivity contribution in [2.75, 3.05) is 5.32 Å². The number of amides is 1. The van der Waals surface area contributed by atoms with Crippen LogP contribution in [0, 0.1) is 23.1 Å². The summed E-state index contributed by atoms with van der Waals surface area (Å²) in [6.45, 7) is 3.83. The van der Waals surface area contributed by atoms with Crippen molar-refractivity contribution in [3.8, 4) is 6.07 Å². The van der Waals surface area contributed by atoms with Crippen LogP contribution in [0.4, 0.5) is 10.1 Å². The molecule has 0 aliphatic heterocycles. The van der Waals surface area contributed by atoms with Gasteiger partial charge in [-0.15, -0.1) is 0 Å². The largest absolute Gasteiger partial charge is 0.325 e. The maximum atomic E-state index is 13.2. The van der Waals surface area contributed by atoms with Crippen LogP contribution in [0.25, 0.3) is 0 Å². The molecule has 0 aliphatic rings. The topological polar surface area (TPSA) is 52.9 Å². The quantitative estimate of drug-likeness (QED) is 0.851. The molecule has 0 atom stereocenters. The second-order valence-corrected chi connectivity index (χ2v) is 3.92. The Kier molecular flexibility index (Phi) is 4.01. The van der Waals surface area contributed by atoms with E-state index in [2.05, 4.69) is 5.32 Å². The van der Waals surface area contributed by atoms with Crippen LogP contribution in [0.5, 0.6) is 0 Å². The Morgan fingerprint density at radius 1 is 1.56 bits per heavy atom. The van der Waals surface area contributed by atoms with Gasteiger partial charge in [0.1, 0.15) is 17.4 Å². The van der Waals surface area contributed by atoms with Gasteiger partial charge in [-0.1, -0.05) is 19.9 Å². The number of anilines is 1. The highest BCUT2D eigenvalue weighted by atomic mass is 19.1. The van der Waals surface area contributed by atoms with E-state index in [4.69, 9.17) is 5.26 Å². The average Bonchev–Trinajstić information content (AvgIpc) is 2.16. The third-order valence-electron chi connectivity index (χ3n) is 1.99. The van der Waals surface area contributed by atoms with Crippen molar-refractivity contribution in [1.82, 2.24) is 0 Å². The summed E-state index contributed by atoms with van der Waals surface area (Å²) in [5.41, 5.74) is 0.104. The normalized spacial score (nSPS) is 9.94. The van der Waals surface area contributed by atoms with Gasteiger partial charge in [-0.05, 0) is 18.1 Å². The molecule has 1 aromatic carbocycles. The monoisotopic (exact) mass is 220 g/mol. The molecule has 1 aromatic rings. The molecule has 0 aromatic heterocycles. The number of carbonyl (C=O) groups excluding carboxylic acids is 1. The van der Waals surface area contributed by atoms with Crippen molar-refractivity contribution >= 4 is 11.6 Å². The van der Waals surface area contributed by atoms with Crippen LogP contribution in [0.3, 0.4) is 0 Å². The molecule has 16 heavy (non-hydrogen) atoms. The Hall–Kier alpha value is -1.89. The van der Waals surface area contributed by atoms with E-state index in [1.165, 1.54) is 18.2 Å². The van der Waals surface area contributed by atoms with E-state index in [1.54, 1.807) is 6.07 Å². The second kappa shape index (κ2) is 5.26. The van der Waals surface area contributed by atoms with Crippen molar-refractivity contribution in [3.05, 3.63) is 29.6 Å². The highest BCUT2D eigenvalue weighted by Gasteiger charge is 2.11. The molecule has 0 heterocycles. The first-order valence-corrected chi connectivity index (χ1v) is 5.03. The van der Waals surface area contributed by atoms with E-state index >= 15 is 0 Å². The van der Waals surface area contributed by atoms with Crippen LogP contribution in [-0.2, 0) is 4.79 Å². The first kappa shape index (κ1) is 12.2. The number of rotatable bonds is 3. The zero-order valence-electron chi connectivity index (χ0n) is 9.25. The van der Waals surface area contributed by atoms with Crippen molar-refractivity contribution in [1.29, 1.82) is 5.26 Å². The van der Waals surface area contributed by atoms with Gasteiger partial charge in [-0.25, -0.2) is 4.39 Å². The van der Waals surface area contributed by atoms with Gasteiger partial charge in [0.05, 0.1) is 5.69 Å². The van der Waals surface area contributed by atoms with E-state index in [1.807, 2.05) is 13.8 Å². The molecular formula is C12H13FN2O. The summed E-state index contributed by atoms with van der Waals surface area (Å²) < 4.78 is 13.2. The first-order valence-electron chi connectivity index (χ1n) is 5.03. The number of nitrogens with one attached hydrogen (secondary N) is 1. The zero-order valence-corrected chi connectivity index (χ0v) is 9.25. The molecule has 1 rings (SSSR count). The molecule has 1 amide bonds. The van der Waals surface area contributed by atoms with Gasteiger partial charge in [0.15, 0.2) is 0 Å². The van der Waals surface area contributed by atoms with Crippen molar-refractivity contribution < 1.29 is 9.18 Å². The Labute approximate surface area is 93.9 Å². The number of halogens is 1. The molecule has 0 spiro atoms. The van der Waals surface area contributed by atoms with Gasteiger partial charge in [-0.3, -0.25) is 4.79 Å². The van der Waals surface area contributed by atoms with Crippen molar-refractivity contribution in [2.24, 2.45) is 5.92 Å². The Bertz CT molecular complexity index is 435. The summed E-state index contributed by atoms with van der Waals surface area (Å²) in [5.74, 6) is -0.610. The first-order chi connectivity index (χ1) is 7.54. The number of nitriles is 1. The lowest BCUT2D eigenvalue weighted by Gasteiger charge is -2.08. The summed E-state index contributed by atoms with van der Waals surface area (Å²) in [6, 6.07) is 5.90. The Balaban J connectivity index is 2.86. The van der Waals surface area contributed by atoms with Crippen LogP contribution in [0.1, 0.15) is 25.8 Å². The van der Waals surface area contributed by atoms with E-state index in [9.17, 15) is 9.18 Å².